The van der Waals surface area contributed by atoms with Crippen molar-refractivity contribution in [1.29, 1.82) is 0 Å². The summed E-state index contributed by atoms with van der Waals surface area (Å²) in [7, 11) is 0. The van der Waals surface area contributed by atoms with Crippen molar-refractivity contribution in [3.63, 3.8) is 0 Å². The standard InChI is InChI=1S/C12H14ClF2NO/c13-11-9(15)2-1-8(14)10(11)12(16)7-3-5-17-6-4-7/h1-2,7,12H,3-6,16H2/t12-/m1/s1. The van der Waals surface area contributed by atoms with Crippen LogP contribution in [0.5, 0.6) is 0 Å². The minimum Gasteiger partial charge on any atom is -0.381 e. The minimum atomic E-state index is -0.634. The fraction of sp³-hybridized carbons (Fsp3) is 0.500. The molecule has 0 aliphatic carbocycles. The highest BCUT2D eigenvalue weighted by atomic mass is 35.5. The number of rotatable bonds is 2. The molecule has 1 atom stereocenters. The van der Waals surface area contributed by atoms with Gasteiger partial charge < -0.3 is 10.5 Å². The van der Waals surface area contributed by atoms with Gasteiger partial charge >= 0.3 is 0 Å². The van der Waals surface area contributed by atoms with Crippen LogP contribution >= 0.6 is 11.6 Å². The van der Waals surface area contributed by atoms with Crippen molar-refractivity contribution in [2.75, 3.05) is 13.2 Å². The fourth-order valence-electron chi connectivity index (χ4n) is 2.16. The Balaban J connectivity index is 2.29. The summed E-state index contributed by atoms with van der Waals surface area (Å²) in [5.74, 6) is -1.10. The molecule has 1 aromatic carbocycles. The molecule has 17 heavy (non-hydrogen) atoms. The van der Waals surface area contributed by atoms with Gasteiger partial charge in [-0.3, -0.25) is 0 Å². The van der Waals surface area contributed by atoms with Crippen LogP contribution in [0.2, 0.25) is 5.02 Å². The molecule has 0 unspecified atom stereocenters. The molecule has 0 spiro atoms. The third-order valence-corrected chi connectivity index (χ3v) is 3.57. The Morgan fingerprint density at radius 2 is 1.82 bits per heavy atom. The van der Waals surface area contributed by atoms with E-state index in [0.29, 0.717) is 13.2 Å². The molecule has 0 aromatic heterocycles. The maximum Gasteiger partial charge on any atom is 0.142 e. The normalized spacial score (nSPS) is 19.3. The van der Waals surface area contributed by atoms with Crippen LogP contribution in [0.3, 0.4) is 0 Å². The third kappa shape index (κ3) is 2.59. The Morgan fingerprint density at radius 1 is 1.24 bits per heavy atom. The first kappa shape index (κ1) is 12.7. The number of ether oxygens (including phenoxy) is 1. The molecule has 1 aromatic rings. The van der Waals surface area contributed by atoms with Gasteiger partial charge in [-0.05, 0) is 30.9 Å². The molecule has 0 amide bonds. The summed E-state index contributed by atoms with van der Waals surface area (Å²) in [4.78, 5) is 0. The van der Waals surface area contributed by atoms with Gasteiger partial charge in [0, 0.05) is 24.8 Å². The Kier molecular flexibility index (Phi) is 3.97. The molecular weight excluding hydrogens is 248 g/mol. The van der Waals surface area contributed by atoms with Gasteiger partial charge in [0.25, 0.3) is 0 Å². The van der Waals surface area contributed by atoms with Crippen LogP contribution in [0, 0.1) is 17.6 Å². The second-order valence-electron chi connectivity index (χ2n) is 4.23. The Morgan fingerprint density at radius 3 is 2.47 bits per heavy atom. The lowest BCUT2D eigenvalue weighted by molar-refractivity contribution is 0.0580. The summed E-state index contributed by atoms with van der Waals surface area (Å²) in [6, 6.07) is 1.50. The van der Waals surface area contributed by atoms with E-state index in [1.165, 1.54) is 0 Å². The molecule has 2 nitrogen and oxygen atoms in total. The lowest BCUT2D eigenvalue weighted by Gasteiger charge is -2.28. The summed E-state index contributed by atoms with van der Waals surface area (Å²) in [6.07, 6.45) is 1.49. The smallest absolute Gasteiger partial charge is 0.142 e. The molecule has 2 rings (SSSR count). The lowest BCUT2D eigenvalue weighted by Crippen LogP contribution is -2.28. The van der Waals surface area contributed by atoms with Crippen molar-refractivity contribution >= 4 is 11.6 Å². The number of hydrogen-bond acceptors (Lipinski definition) is 2. The van der Waals surface area contributed by atoms with Crippen LogP contribution in [0.4, 0.5) is 8.78 Å². The molecular formula is C12H14ClF2NO. The van der Waals surface area contributed by atoms with Gasteiger partial charge in [0.15, 0.2) is 0 Å². The zero-order valence-corrected chi connectivity index (χ0v) is 10.0. The highest BCUT2D eigenvalue weighted by molar-refractivity contribution is 6.31. The Hall–Kier alpha value is -0.710. The lowest BCUT2D eigenvalue weighted by atomic mass is 9.87. The van der Waals surface area contributed by atoms with Gasteiger partial charge in [0.1, 0.15) is 11.6 Å². The highest BCUT2D eigenvalue weighted by Gasteiger charge is 2.27. The van der Waals surface area contributed by atoms with E-state index < -0.39 is 17.7 Å². The fourth-order valence-corrected chi connectivity index (χ4v) is 2.44. The van der Waals surface area contributed by atoms with Crippen molar-refractivity contribution < 1.29 is 13.5 Å². The van der Waals surface area contributed by atoms with Gasteiger partial charge in [0.05, 0.1) is 5.02 Å². The van der Waals surface area contributed by atoms with Gasteiger partial charge in [0.2, 0.25) is 0 Å². The van der Waals surface area contributed by atoms with Crippen molar-refractivity contribution in [3.05, 3.63) is 34.4 Å². The topological polar surface area (TPSA) is 35.2 Å². The van der Waals surface area contributed by atoms with Gasteiger partial charge in [-0.2, -0.15) is 0 Å². The van der Waals surface area contributed by atoms with E-state index in [9.17, 15) is 8.78 Å². The maximum atomic E-state index is 13.7. The predicted octanol–water partition coefficient (Wildman–Crippen LogP) is 3.04. The van der Waals surface area contributed by atoms with Crippen LogP contribution < -0.4 is 5.73 Å². The van der Waals surface area contributed by atoms with E-state index in [-0.39, 0.29) is 16.5 Å². The molecule has 5 heteroatoms. The second-order valence-corrected chi connectivity index (χ2v) is 4.61. The molecule has 0 bridgehead atoms. The van der Waals surface area contributed by atoms with Gasteiger partial charge in [-0.1, -0.05) is 11.6 Å². The molecule has 1 aliphatic heterocycles. The van der Waals surface area contributed by atoms with Crippen LogP contribution in [0.15, 0.2) is 12.1 Å². The molecule has 0 radical (unpaired) electrons. The third-order valence-electron chi connectivity index (χ3n) is 3.19. The molecule has 94 valence electrons. The second kappa shape index (κ2) is 5.29. The first-order valence-corrected chi connectivity index (χ1v) is 5.95. The zero-order valence-electron chi connectivity index (χ0n) is 9.26. The minimum absolute atomic E-state index is 0.0811. The number of hydrogen-bond donors (Lipinski definition) is 1. The van der Waals surface area contributed by atoms with Gasteiger partial charge in [-0.15, -0.1) is 0 Å². The Labute approximate surface area is 104 Å². The molecule has 1 fully saturated rings. The van der Waals surface area contributed by atoms with E-state index in [0.717, 1.165) is 25.0 Å². The van der Waals surface area contributed by atoms with Crippen LogP contribution in [0.1, 0.15) is 24.4 Å². The average molecular weight is 262 g/mol. The summed E-state index contributed by atoms with van der Waals surface area (Å²) in [6.45, 7) is 1.21. The van der Waals surface area contributed by atoms with E-state index in [4.69, 9.17) is 22.1 Å². The number of halogens is 3. The summed E-state index contributed by atoms with van der Waals surface area (Å²) in [5, 5.41) is -0.205. The number of nitrogens with two attached hydrogens (primary N) is 1. The van der Waals surface area contributed by atoms with E-state index in [1.807, 2.05) is 0 Å². The SMILES string of the molecule is N[C@@H](c1c(F)ccc(F)c1Cl)C1CCOCC1. The van der Waals surface area contributed by atoms with Crippen molar-refractivity contribution in [1.82, 2.24) is 0 Å². The van der Waals surface area contributed by atoms with Crippen LogP contribution in [-0.2, 0) is 4.74 Å². The van der Waals surface area contributed by atoms with Crippen molar-refractivity contribution in [2.45, 2.75) is 18.9 Å². The van der Waals surface area contributed by atoms with Crippen LogP contribution in [0.25, 0.3) is 0 Å². The van der Waals surface area contributed by atoms with E-state index >= 15 is 0 Å². The molecule has 1 heterocycles. The predicted molar refractivity (Wildman–Crippen MR) is 61.8 cm³/mol. The van der Waals surface area contributed by atoms with Crippen LogP contribution in [-0.4, -0.2) is 13.2 Å². The van der Waals surface area contributed by atoms with Gasteiger partial charge in [-0.25, -0.2) is 8.78 Å². The number of benzene rings is 1. The maximum absolute atomic E-state index is 13.7. The quantitative estimate of drug-likeness (QED) is 0.831. The average Bonchev–Trinajstić information content (AvgIpc) is 2.35. The molecule has 1 saturated heterocycles. The van der Waals surface area contributed by atoms with E-state index in [2.05, 4.69) is 0 Å². The first-order chi connectivity index (χ1) is 8.11. The first-order valence-electron chi connectivity index (χ1n) is 5.58. The largest absolute Gasteiger partial charge is 0.381 e. The zero-order chi connectivity index (χ0) is 12.4. The van der Waals surface area contributed by atoms with E-state index in [1.54, 1.807) is 0 Å². The summed E-state index contributed by atoms with van der Waals surface area (Å²) < 4.78 is 32.2. The van der Waals surface area contributed by atoms with Crippen molar-refractivity contribution in [2.24, 2.45) is 11.7 Å². The molecule has 2 N–H and O–H groups in total. The summed E-state index contributed by atoms with van der Waals surface area (Å²) >= 11 is 5.79. The molecule has 0 saturated carbocycles. The molecule has 1 aliphatic rings. The highest BCUT2D eigenvalue weighted by Crippen LogP contribution is 2.34. The monoisotopic (exact) mass is 261 g/mol. The van der Waals surface area contributed by atoms with Crippen molar-refractivity contribution in [3.8, 4) is 0 Å². The summed E-state index contributed by atoms with van der Waals surface area (Å²) in [5.41, 5.74) is 6.08. The Bertz CT molecular complexity index is 408.